The Morgan fingerprint density at radius 3 is 2.10 bits per heavy atom. The zero-order chi connectivity index (χ0) is 15.5. The summed E-state index contributed by atoms with van der Waals surface area (Å²) in [5.41, 5.74) is 2.81. The largest absolute Gasteiger partial charge is 0.352 e. The van der Waals surface area contributed by atoms with Crippen molar-refractivity contribution < 1.29 is 0 Å². The van der Waals surface area contributed by atoms with Gasteiger partial charge in [-0.15, -0.1) is 0 Å². The van der Waals surface area contributed by atoms with Crippen LogP contribution in [0.2, 0.25) is 0 Å². The van der Waals surface area contributed by atoms with Gasteiger partial charge in [0.25, 0.3) is 0 Å². The molecule has 1 aromatic heterocycles. The molecule has 0 aliphatic heterocycles. The summed E-state index contributed by atoms with van der Waals surface area (Å²) in [7, 11) is 1.96. The van der Waals surface area contributed by atoms with Gasteiger partial charge in [-0.1, -0.05) is 45.0 Å². The maximum absolute atomic E-state index is 11.1. The van der Waals surface area contributed by atoms with Crippen LogP contribution in [0.1, 0.15) is 37.9 Å². The van der Waals surface area contributed by atoms with Gasteiger partial charge in [0.2, 0.25) is 0 Å². The maximum Gasteiger partial charge on any atom is 0.181 e. The second-order valence-corrected chi connectivity index (χ2v) is 6.44. The molecule has 0 aliphatic rings. The highest BCUT2D eigenvalue weighted by Gasteiger charge is 2.15. The fraction of sp³-hybridized carbons (Fsp3) is 0.389. The number of pyridine rings is 1. The van der Waals surface area contributed by atoms with Gasteiger partial charge >= 0.3 is 0 Å². The lowest BCUT2D eigenvalue weighted by atomic mass is 9.86. The number of aromatic nitrogens is 1. The van der Waals surface area contributed by atoms with Crippen molar-refractivity contribution in [2.45, 2.75) is 38.8 Å². The summed E-state index contributed by atoms with van der Waals surface area (Å²) >= 11 is 0. The number of hydrogen-bond acceptors (Lipinski definition) is 2. The van der Waals surface area contributed by atoms with E-state index in [1.54, 1.807) is 12.1 Å². The van der Waals surface area contributed by atoms with Crippen LogP contribution in [-0.4, -0.2) is 11.6 Å². The maximum atomic E-state index is 11.1. The summed E-state index contributed by atoms with van der Waals surface area (Å²) in [6.07, 6.45) is 3.66. The molecule has 21 heavy (non-hydrogen) atoms. The zero-order valence-corrected chi connectivity index (χ0v) is 13.3. The molecule has 1 unspecified atom stereocenters. The number of benzene rings is 1. The highest BCUT2D eigenvalue weighted by molar-refractivity contribution is 5.29. The molecular formula is C18H24N2O. The molecule has 2 rings (SSSR count). The molecule has 0 fully saturated rings. The van der Waals surface area contributed by atoms with Gasteiger partial charge in [-0.3, -0.25) is 4.79 Å². The summed E-state index contributed by atoms with van der Waals surface area (Å²) in [5, 5.41) is 3.34. The molecule has 2 aromatic rings. The standard InChI is InChI=1S/C18H24N2O/c1-18(2,3)15-7-5-14(6-8-15)17(19-4)13-20-11-9-16(21)10-12-20/h5-12,17,19H,13H2,1-4H3. The van der Waals surface area contributed by atoms with Gasteiger partial charge in [0.05, 0.1) is 0 Å². The molecule has 0 radical (unpaired) electrons. The van der Waals surface area contributed by atoms with Crippen molar-refractivity contribution >= 4 is 0 Å². The van der Waals surface area contributed by atoms with E-state index in [1.165, 1.54) is 11.1 Å². The van der Waals surface area contributed by atoms with E-state index in [2.05, 4.69) is 50.4 Å². The minimum atomic E-state index is 0.0433. The Labute approximate surface area is 126 Å². The molecule has 0 amide bonds. The monoisotopic (exact) mass is 284 g/mol. The zero-order valence-electron chi connectivity index (χ0n) is 13.3. The summed E-state index contributed by atoms with van der Waals surface area (Å²) in [6, 6.07) is 12.2. The third-order valence-corrected chi connectivity index (χ3v) is 3.78. The Hall–Kier alpha value is -1.87. The minimum Gasteiger partial charge on any atom is -0.352 e. The molecule has 0 bridgehead atoms. The highest BCUT2D eigenvalue weighted by Crippen LogP contribution is 2.24. The van der Waals surface area contributed by atoms with E-state index in [0.29, 0.717) is 0 Å². The third kappa shape index (κ3) is 4.05. The van der Waals surface area contributed by atoms with Gasteiger partial charge in [-0.2, -0.15) is 0 Å². The predicted octanol–water partition coefficient (Wildman–Crippen LogP) is 3.11. The Morgan fingerprint density at radius 1 is 1.05 bits per heavy atom. The number of rotatable bonds is 4. The molecule has 0 saturated carbocycles. The van der Waals surface area contributed by atoms with Gasteiger partial charge in [0, 0.05) is 37.1 Å². The van der Waals surface area contributed by atoms with Crippen molar-refractivity contribution in [3.8, 4) is 0 Å². The second kappa shape index (κ2) is 6.27. The van der Waals surface area contributed by atoms with E-state index >= 15 is 0 Å². The number of likely N-dealkylation sites (N-methyl/N-ethyl adjacent to an activating group) is 1. The average molecular weight is 284 g/mol. The number of nitrogens with one attached hydrogen (secondary N) is 1. The van der Waals surface area contributed by atoms with E-state index in [-0.39, 0.29) is 16.9 Å². The van der Waals surface area contributed by atoms with Crippen LogP contribution in [0.15, 0.2) is 53.6 Å². The highest BCUT2D eigenvalue weighted by atomic mass is 16.1. The smallest absolute Gasteiger partial charge is 0.181 e. The van der Waals surface area contributed by atoms with Crippen molar-refractivity contribution in [3.63, 3.8) is 0 Å². The van der Waals surface area contributed by atoms with Crippen molar-refractivity contribution in [2.75, 3.05) is 7.05 Å². The van der Waals surface area contributed by atoms with Crippen LogP contribution >= 0.6 is 0 Å². The van der Waals surface area contributed by atoms with Crippen molar-refractivity contribution in [2.24, 2.45) is 0 Å². The lowest BCUT2D eigenvalue weighted by Crippen LogP contribution is -2.22. The van der Waals surface area contributed by atoms with E-state index in [9.17, 15) is 4.79 Å². The van der Waals surface area contributed by atoms with E-state index in [0.717, 1.165) is 6.54 Å². The molecule has 0 spiro atoms. The van der Waals surface area contributed by atoms with Gasteiger partial charge < -0.3 is 9.88 Å². The van der Waals surface area contributed by atoms with E-state index in [1.807, 2.05) is 24.0 Å². The Kier molecular flexibility index (Phi) is 4.63. The van der Waals surface area contributed by atoms with Crippen LogP contribution in [0, 0.1) is 0 Å². The lowest BCUT2D eigenvalue weighted by molar-refractivity contribution is 0.498. The molecule has 0 aliphatic carbocycles. The third-order valence-electron chi connectivity index (χ3n) is 3.78. The average Bonchev–Trinajstić information content (AvgIpc) is 2.46. The first-order valence-electron chi connectivity index (χ1n) is 7.34. The summed E-state index contributed by atoms with van der Waals surface area (Å²) < 4.78 is 2.03. The van der Waals surface area contributed by atoms with Crippen molar-refractivity contribution in [1.82, 2.24) is 9.88 Å². The van der Waals surface area contributed by atoms with Crippen LogP contribution in [0.3, 0.4) is 0 Å². The fourth-order valence-corrected chi connectivity index (χ4v) is 2.35. The number of hydrogen-bond donors (Lipinski definition) is 1. The molecule has 3 nitrogen and oxygen atoms in total. The van der Waals surface area contributed by atoms with Crippen LogP contribution in [0.5, 0.6) is 0 Å². The Morgan fingerprint density at radius 2 is 1.62 bits per heavy atom. The van der Waals surface area contributed by atoms with Gasteiger partial charge in [0.15, 0.2) is 5.43 Å². The first-order valence-corrected chi connectivity index (χ1v) is 7.34. The van der Waals surface area contributed by atoms with Crippen LogP contribution in [-0.2, 0) is 12.0 Å². The van der Waals surface area contributed by atoms with Crippen LogP contribution < -0.4 is 10.7 Å². The summed E-state index contributed by atoms with van der Waals surface area (Å²) in [5.74, 6) is 0. The second-order valence-electron chi connectivity index (χ2n) is 6.44. The molecule has 1 atom stereocenters. The van der Waals surface area contributed by atoms with E-state index < -0.39 is 0 Å². The van der Waals surface area contributed by atoms with Crippen LogP contribution in [0.25, 0.3) is 0 Å². The minimum absolute atomic E-state index is 0.0433. The topological polar surface area (TPSA) is 34.0 Å². The molecule has 1 aromatic carbocycles. The van der Waals surface area contributed by atoms with Gasteiger partial charge in [-0.05, 0) is 23.6 Å². The normalized spacial score (nSPS) is 13.1. The Bertz CT molecular complexity index is 615. The molecular weight excluding hydrogens is 260 g/mol. The van der Waals surface area contributed by atoms with Crippen molar-refractivity contribution in [3.05, 3.63) is 70.1 Å². The Balaban J connectivity index is 2.17. The molecule has 1 heterocycles. The first kappa shape index (κ1) is 15.5. The van der Waals surface area contributed by atoms with Crippen molar-refractivity contribution in [1.29, 1.82) is 0 Å². The van der Waals surface area contributed by atoms with Crippen LogP contribution in [0.4, 0.5) is 0 Å². The quantitative estimate of drug-likeness (QED) is 0.936. The lowest BCUT2D eigenvalue weighted by Gasteiger charge is -2.22. The first-order chi connectivity index (χ1) is 9.90. The predicted molar refractivity (Wildman–Crippen MR) is 87.6 cm³/mol. The SMILES string of the molecule is CNC(Cn1ccc(=O)cc1)c1ccc(C(C)(C)C)cc1. The molecule has 112 valence electrons. The van der Waals surface area contributed by atoms with Gasteiger partial charge in [0.1, 0.15) is 0 Å². The summed E-state index contributed by atoms with van der Waals surface area (Å²) in [4.78, 5) is 11.1. The molecule has 3 heteroatoms. The molecule has 1 N–H and O–H groups in total. The summed E-state index contributed by atoms with van der Waals surface area (Å²) in [6.45, 7) is 7.46. The molecule has 0 saturated heterocycles. The van der Waals surface area contributed by atoms with E-state index in [4.69, 9.17) is 0 Å². The van der Waals surface area contributed by atoms with Gasteiger partial charge in [-0.25, -0.2) is 0 Å². The number of nitrogens with zero attached hydrogens (tertiary/aromatic N) is 1. The fourth-order valence-electron chi connectivity index (χ4n) is 2.35.